The third kappa shape index (κ3) is 3.55. The second kappa shape index (κ2) is 5.47. The van der Waals surface area contributed by atoms with Crippen molar-refractivity contribution in [3.63, 3.8) is 0 Å². The molecule has 0 aromatic heterocycles. The zero-order valence-corrected chi connectivity index (χ0v) is 9.40. The summed E-state index contributed by atoms with van der Waals surface area (Å²) in [6.07, 6.45) is 0.750. The number of halogens is 2. The van der Waals surface area contributed by atoms with Crippen LogP contribution in [0.5, 0.6) is 0 Å². The molecule has 0 aliphatic heterocycles. The molecule has 0 unspecified atom stereocenters. The van der Waals surface area contributed by atoms with Crippen LogP contribution in [0, 0.1) is 0 Å². The van der Waals surface area contributed by atoms with E-state index < -0.39 is 0 Å². The first-order valence-corrected chi connectivity index (χ1v) is 5.21. The largest absolute Gasteiger partial charge is 0.396 e. The van der Waals surface area contributed by atoms with Gasteiger partial charge in [0.1, 0.15) is 0 Å². The van der Waals surface area contributed by atoms with Crippen LogP contribution >= 0.6 is 27.5 Å². The molecule has 0 fully saturated rings. The zero-order chi connectivity index (χ0) is 9.68. The van der Waals surface area contributed by atoms with Crippen molar-refractivity contribution in [3.8, 4) is 0 Å². The van der Waals surface area contributed by atoms with Crippen molar-refractivity contribution in [3.05, 3.63) is 27.7 Å². The molecule has 0 aliphatic carbocycles. The van der Waals surface area contributed by atoms with Gasteiger partial charge in [-0.2, -0.15) is 0 Å². The summed E-state index contributed by atoms with van der Waals surface area (Å²) < 4.78 is 0.878. The Morgan fingerprint density at radius 2 is 2.23 bits per heavy atom. The van der Waals surface area contributed by atoms with Crippen LogP contribution in [0.4, 0.5) is 5.69 Å². The van der Waals surface area contributed by atoms with Gasteiger partial charge in [-0.25, -0.2) is 0 Å². The highest BCUT2D eigenvalue weighted by Gasteiger charge is 1.97. The van der Waals surface area contributed by atoms with Gasteiger partial charge in [-0.15, -0.1) is 0 Å². The quantitative estimate of drug-likeness (QED) is 0.820. The SMILES string of the molecule is OCCCNc1ccc(Cl)c(Br)c1. The highest BCUT2D eigenvalue weighted by atomic mass is 79.9. The lowest BCUT2D eigenvalue weighted by atomic mass is 10.3. The molecule has 0 heterocycles. The Kier molecular flexibility index (Phi) is 4.56. The predicted octanol–water partition coefficient (Wildman–Crippen LogP) is 2.90. The Morgan fingerprint density at radius 1 is 1.46 bits per heavy atom. The molecular formula is C9H11BrClNO. The Bertz CT molecular complexity index is 280. The summed E-state index contributed by atoms with van der Waals surface area (Å²) in [6, 6.07) is 5.65. The van der Waals surface area contributed by atoms with E-state index in [2.05, 4.69) is 21.2 Å². The van der Waals surface area contributed by atoms with Crippen LogP contribution in [0.15, 0.2) is 22.7 Å². The molecule has 2 nitrogen and oxygen atoms in total. The van der Waals surface area contributed by atoms with E-state index >= 15 is 0 Å². The van der Waals surface area contributed by atoms with E-state index in [9.17, 15) is 0 Å². The van der Waals surface area contributed by atoms with Crippen LogP contribution in [0.2, 0.25) is 5.02 Å². The van der Waals surface area contributed by atoms with E-state index in [0.717, 1.165) is 23.1 Å². The van der Waals surface area contributed by atoms with E-state index in [0.29, 0.717) is 5.02 Å². The minimum absolute atomic E-state index is 0.210. The van der Waals surface area contributed by atoms with Gasteiger partial charge < -0.3 is 10.4 Å². The molecule has 4 heteroatoms. The van der Waals surface area contributed by atoms with Gasteiger partial charge in [0, 0.05) is 23.3 Å². The van der Waals surface area contributed by atoms with E-state index in [1.54, 1.807) is 0 Å². The number of aliphatic hydroxyl groups excluding tert-OH is 1. The number of nitrogens with one attached hydrogen (secondary N) is 1. The molecule has 2 N–H and O–H groups in total. The fourth-order valence-corrected chi connectivity index (χ4v) is 1.41. The van der Waals surface area contributed by atoms with Gasteiger partial charge >= 0.3 is 0 Å². The predicted molar refractivity (Wildman–Crippen MR) is 59.3 cm³/mol. The third-order valence-electron chi connectivity index (χ3n) is 1.58. The van der Waals surface area contributed by atoms with Crippen LogP contribution in [0.25, 0.3) is 0 Å². The first-order valence-electron chi connectivity index (χ1n) is 4.04. The molecule has 0 amide bonds. The van der Waals surface area contributed by atoms with Crippen molar-refractivity contribution in [2.24, 2.45) is 0 Å². The minimum atomic E-state index is 0.210. The molecule has 0 saturated heterocycles. The molecule has 72 valence electrons. The number of rotatable bonds is 4. The van der Waals surface area contributed by atoms with E-state index in [4.69, 9.17) is 16.7 Å². The van der Waals surface area contributed by atoms with Gasteiger partial charge in [-0.05, 0) is 40.5 Å². The fraction of sp³-hybridized carbons (Fsp3) is 0.333. The Hall–Kier alpha value is -0.250. The molecule has 0 bridgehead atoms. The van der Waals surface area contributed by atoms with Gasteiger partial charge in [-0.1, -0.05) is 11.6 Å². The molecule has 1 aromatic carbocycles. The van der Waals surface area contributed by atoms with Crippen LogP contribution in [-0.4, -0.2) is 18.3 Å². The van der Waals surface area contributed by atoms with Crippen LogP contribution in [0.1, 0.15) is 6.42 Å². The molecule has 0 atom stereocenters. The van der Waals surface area contributed by atoms with Gasteiger partial charge in [0.25, 0.3) is 0 Å². The summed E-state index contributed by atoms with van der Waals surface area (Å²) in [4.78, 5) is 0. The number of hydrogen-bond acceptors (Lipinski definition) is 2. The molecule has 1 aromatic rings. The zero-order valence-electron chi connectivity index (χ0n) is 7.06. The van der Waals surface area contributed by atoms with Crippen LogP contribution < -0.4 is 5.32 Å². The van der Waals surface area contributed by atoms with Crippen molar-refractivity contribution in [1.82, 2.24) is 0 Å². The average Bonchev–Trinajstić information content (AvgIpc) is 2.12. The molecular weight excluding hydrogens is 253 g/mol. The molecule has 0 saturated carbocycles. The van der Waals surface area contributed by atoms with Gasteiger partial charge in [0.05, 0.1) is 5.02 Å². The van der Waals surface area contributed by atoms with Crippen LogP contribution in [-0.2, 0) is 0 Å². The maximum Gasteiger partial charge on any atom is 0.0549 e. The standard InChI is InChI=1S/C9H11BrClNO/c10-8-6-7(2-3-9(8)11)12-4-1-5-13/h2-3,6,12-13H,1,4-5H2. The summed E-state index contributed by atoms with van der Waals surface area (Å²) in [6.45, 7) is 0.979. The summed E-state index contributed by atoms with van der Waals surface area (Å²) in [5.74, 6) is 0. The van der Waals surface area contributed by atoms with E-state index in [-0.39, 0.29) is 6.61 Å². The Morgan fingerprint density at radius 3 is 2.85 bits per heavy atom. The lowest BCUT2D eigenvalue weighted by molar-refractivity contribution is 0.292. The summed E-state index contributed by atoms with van der Waals surface area (Å²) in [5.41, 5.74) is 1.00. The topological polar surface area (TPSA) is 32.3 Å². The molecule has 0 radical (unpaired) electrons. The van der Waals surface area contributed by atoms with Crippen LogP contribution in [0.3, 0.4) is 0 Å². The lowest BCUT2D eigenvalue weighted by Gasteiger charge is -2.05. The van der Waals surface area contributed by atoms with E-state index in [1.165, 1.54) is 0 Å². The van der Waals surface area contributed by atoms with Gasteiger partial charge in [-0.3, -0.25) is 0 Å². The third-order valence-corrected chi connectivity index (χ3v) is 2.80. The first kappa shape index (κ1) is 10.8. The maximum absolute atomic E-state index is 8.57. The number of hydrogen-bond donors (Lipinski definition) is 2. The highest BCUT2D eigenvalue weighted by molar-refractivity contribution is 9.10. The number of anilines is 1. The molecule has 13 heavy (non-hydrogen) atoms. The summed E-state index contributed by atoms with van der Waals surface area (Å²) in [7, 11) is 0. The lowest BCUT2D eigenvalue weighted by Crippen LogP contribution is -2.02. The van der Waals surface area contributed by atoms with Crippen molar-refractivity contribution in [1.29, 1.82) is 0 Å². The second-order valence-corrected chi connectivity index (χ2v) is 3.89. The summed E-state index contributed by atoms with van der Waals surface area (Å²) in [5, 5.41) is 12.4. The Balaban J connectivity index is 2.53. The van der Waals surface area contributed by atoms with Crippen molar-refractivity contribution in [2.75, 3.05) is 18.5 Å². The van der Waals surface area contributed by atoms with Crippen molar-refractivity contribution < 1.29 is 5.11 Å². The fourth-order valence-electron chi connectivity index (χ4n) is 0.918. The molecule has 0 aliphatic rings. The van der Waals surface area contributed by atoms with Crippen molar-refractivity contribution in [2.45, 2.75) is 6.42 Å². The second-order valence-electron chi connectivity index (χ2n) is 2.63. The van der Waals surface area contributed by atoms with Gasteiger partial charge in [0.15, 0.2) is 0 Å². The minimum Gasteiger partial charge on any atom is -0.396 e. The molecule has 1 rings (SSSR count). The normalized spacial score (nSPS) is 10.1. The molecule has 0 spiro atoms. The Labute approximate surface area is 91.0 Å². The number of benzene rings is 1. The monoisotopic (exact) mass is 263 g/mol. The van der Waals surface area contributed by atoms with E-state index in [1.807, 2.05) is 18.2 Å². The first-order chi connectivity index (χ1) is 6.24. The highest BCUT2D eigenvalue weighted by Crippen LogP contribution is 2.25. The smallest absolute Gasteiger partial charge is 0.0549 e. The number of aliphatic hydroxyl groups is 1. The van der Waals surface area contributed by atoms with Gasteiger partial charge in [0.2, 0.25) is 0 Å². The van der Waals surface area contributed by atoms with Crippen molar-refractivity contribution >= 4 is 33.2 Å². The average molecular weight is 265 g/mol. The summed E-state index contributed by atoms with van der Waals surface area (Å²) >= 11 is 9.16. The maximum atomic E-state index is 8.57.